The summed E-state index contributed by atoms with van der Waals surface area (Å²) in [7, 11) is 3.83. The number of rotatable bonds is 6. The van der Waals surface area contributed by atoms with Gasteiger partial charge in [0.05, 0.1) is 11.9 Å². The van der Waals surface area contributed by atoms with Gasteiger partial charge in [0.25, 0.3) is 0 Å². The number of hydrogen-bond acceptors (Lipinski definition) is 8. The van der Waals surface area contributed by atoms with E-state index in [4.69, 9.17) is 5.73 Å². The molecule has 4 N–H and O–H groups in total. The van der Waals surface area contributed by atoms with Gasteiger partial charge in [-0.05, 0) is 61.0 Å². The summed E-state index contributed by atoms with van der Waals surface area (Å²) in [5, 5.41) is 16.4. The van der Waals surface area contributed by atoms with Crippen LogP contribution in [0.2, 0.25) is 0 Å². The standard InChI is InChI=1S/C21H23N9/c1-23-20(12-3-4-12)13-5-6-24-18(8-13)28-19-9-14-7-16(17-11-26-29-30(17)2)27-21(22)15(14)10-25-19/h5-12,20,23H,3-4H2,1-2H3,(H2,22,27)(H,24,25,28)/t20-/m1/s1. The molecule has 0 aliphatic heterocycles. The number of nitrogens with two attached hydrogens (primary N) is 1. The highest BCUT2D eigenvalue weighted by atomic mass is 15.4. The van der Waals surface area contributed by atoms with Crippen molar-refractivity contribution in [3.63, 3.8) is 0 Å². The summed E-state index contributed by atoms with van der Waals surface area (Å²) in [4.78, 5) is 13.4. The van der Waals surface area contributed by atoms with Crippen LogP contribution >= 0.6 is 0 Å². The van der Waals surface area contributed by atoms with Crippen LogP contribution < -0.4 is 16.4 Å². The summed E-state index contributed by atoms with van der Waals surface area (Å²) in [6.07, 6.45) is 7.78. The largest absolute Gasteiger partial charge is 0.383 e. The third-order valence-corrected chi connectivity index (χ3v) is 5.53. The molecule has 5 rings (SSSR count). The Labute approximate surface area is 173 Å². The molecule has 9 heteroatoms. The predicted octanol–water partition coefficient (Wildman–Crippen LogP) is 2.82. The Morgan fingerprint density at radius 1 is 1.13 bits per heavy atom. The lowest BCUT2D eigenvalue weighted by atomic mass is 10.0. The number of pyridine rings is 3. The molecule has 4 aromatic rings. The summed E-state index contributed by atoms with van der Waals surface area (Å²) in [6.45, 7) is 0. The minimum absolute atomic E-state index is 0.360. The maximum Gasteiger partial charge on any atom is 0.133 e. The van der Waals surface area contributed by atoms with Crippen molar-refractivity contribution in [2.75, 3.05) is 18.1 Å². The molecule has 152 valence electrons. The van der Waals surface area contributed by atoms with Crippen LogP contribution in [-0.2, 0) is 7.05 Å². The summed E-state index contributed by atoms with van der Waals surface area (Å²) < 4.78 is 1.67. The fourth-order valence-electron chi connectivity index (χ4n) is 3.84. The van der Waals surface area contributed by atoms with Gasteiger partial charge in [0, 0.05) is 30.9 Å². The highest BCUT2D eigenvalue weighted by Crippen LogP contribution is 2.41. The van der Waals surface area contributed by atoms with Gasteiger partial charge in [0.2, 0.25) is 0 Å². The number of nitrogens with zero attached hydrogens (tertiary/aromatic N) is 6. The van der Waals surface area contributed by atoms with Crippen LogP contribution in [-0.4, -0.2) is 37.0 Å². The number of aromatic nitrogens is 6. The van der Waals surface area contributed by atoms with E-state index in [-0.39, 0.29) is 0 Å². The molecule has 0 amide bonds. The lowest BCUT2D eigenvalue weighted by molar-refractivity contribution is 0.528. The molecule has 4 heterocycles. The zero-order valence-corrected chi connectivity index (χ0v) is 16.9. The SMILES string of the molecule is CN[C@@H](c1ccnc(Nc2cc3cc(-c4cnnn4C)nc(N)c3cn2)c1)C1CC1. The van der Waals surface area contributed by atoms with Crippen LogP contribution in [0.25, 0.3) is 22.2 Å². The van der Waals surface area contributed by atoms with Crippen LogP contribution in [0.5, 0.6) is 0 Å². The fraction of sp³-hybridized carbons (Fsp3) is 0.286. The van der Waals surface area contributed by atoms with E-state index in [0.29, 0.717) is 29.3 Å². The summed E-state index contributed by atoms with van der Waals surface area (Å²) in [5.41, 5.74) is 8.92. The molecule has 30 heavy (non-hydrogen) atoms. The maximum atomic E-state index is 6.18. The monoisotopic (exact) mass is 401 g/mol. The molecule has 1 saturated carbocycles. The Bertz CT molecular complexity index is 1210. The average Bonchev–Trinajstić information content (AvgIpc) is 3.48. The van der Waals surface area contributed by atoms with Crippen molar-refractivity contribution in [1.82, 2.24) is 35.3 Å². The quantitative estimate of drug-likeness (QED) is 0.451. The van der Waals surface area contributed by atoms with Crippen molar-refractivity contribution in [2.45, 2.75) is 18.9 Å². The van der Waals surface area contributed by atoms with E-state index in [1.165, 1.54) is 18.4 Å². The number of hydrogen-bond donors (Lipinski definition) is 3. The van der Waals surface area contributed by atoms with Gasteiger partial charge in [-0.15, -0.1) is 5.10 Å². The molecule has 0 spiro atoms. The molecule has 0 radical (unpaired) electrons. The van der Waals surface area contributed by atoms with Crippen molar-refractivity contribution in [2.24, 2.45) is 13.0 Å². The first-order valence-corrected chi connectivity index (χ1v) is 9.94. The summed E-state index contributed by atoms with van der Waals surface area (Å²) >= 11 is 0. The van der Waals surface area contributed by atoms with Crippen LogP contribution in [0.4, 0.5) is 17.5 Å². The molecular weight excluding hydrogens is 378 g/mol. The summed E-state index contributed by atoms with van der Waals surface area (Å²) in [6, 6.07) is 8.42. The van der Waals surface area contributed by atoms with E-state index < -0.39 is 0 Å². The van der Waals surface area contributed by atoms with Gasteiger partial charge in [0.15, 0.2) is 0 Å². The number of fused-ring (bicyclic) bond motifs is 1. The topological polar surface area (TPSA) is 119 Å². The lowest BCUT2D eigenvalue weighted by Gasteiger charge is -2.16. The second-order valence-corrected chi connectivity index (χ2v) is 7.63. The Hall–Kier alpha value is -3.59. The van der Waals surface area contributed by atoms with Gasteiger partial charge in [-0.3, -0.25) is 0 Å². The van der Waals surface area contributed by atoms with Crippen LogP contribution in [0, 0.1) is 5.92 Å². The normalized spacial score (nSPS) is 14.7. The smallest absolute Gasteiger partial charge is 0.133 e. The fourth-order valence-corrected chi connectivity index (χ4v) is 3.84. The van der Waals surface area contributed by atoms with Gasteiger partial charge < -0.3 is 16.4 Å². The first-order valence-electron chi connectivity index (χ1n) is 9.94. The van der Waals surface area contributed by atoms with Gasteiger partial charge in [-0.1, -0.05) is 5.21 Å². The first-order chi connectivity index (χ1) is 14.6. The van der Waals surface area contributed by atoms with E-state index in [1.807, 2.05) is 32.4 Å². The molecule has 0 unspecified atom stereocenters. The molecule has 4 aromatic heterocycles. The van der Waals surface area contributed by atoms with Crippen LogP contribution in [0.1, 0.15) is 24.4 Å². The van der Waals surface area contributed by atoms with Crippen molar-refractivity contribution in [3.8, 4) is 11.4 Å². The highest BCUT2D eigenvalue weighted by Gasteiger charge is 2.31. The Morgan fingerprint density at radius 2 is 1.97 bits per heavy atom. The number of aryl methyl sites for hydroxylation is 1. The lowest BCUT2D eigenvalue weighted by Crippen LogP contribution is -2.18. The van der Waals surface area contributed by atoms with E-state index in [1.54, 1.807) is 17.1 Å². The van der Waals surface area contributed by atoms with Crippen molar-refractivity contribution < 1.29 is 0 Å². The van der Waals surface area contributed by atoms with Crippen LogP contribution in [0.3, 0.4) is 0 Å². The molecule has 1 fully saturated rings. The maximum absolute atomic E-state index is 6.18. The minimum Gasteiger partial charge on any atom is -0.383 e. The predicted molar refractivity (Wildman–Crippen MR) is 116 cm³/mol. The second-order valence-electron chi connectivity index (χ2n) is 7.63. The summed E-state index contributed by atoms with van der Waals surface area (Å²) in [5.74, 6) is 2.58. The number of nitrogen functional groups attached to an aromatic ring is 1. The second kappa shape index (κ2) is 7.34. The van der Waals surface area contributed by atoms with Gasteiger partial charge in [-0.25, -0.2) is 19.6 Å². The molecule has 0 aromatic carbocycles. The van der Waals surface area contributed by atoms with Gasteiger partial charge in [0.1, 0.15) is 23.1 Å². The molecule has 9 nitrogen and oxygen atoms in total. The molecule has 1 aliphatic rings. The first kappa shape index (κ1) is 18.4. The minimum atomic E-state index is 0.360. The Morgan fingerprint density at radius 3 is 2.70 bits per heavy atom. The van der Waals surface area contributed by atoms with E-state index >= 15 is 0 Å². The van der Waals surface area contributed by atoms with Crippen LogP contribution in [0.15, 0.2) is 42.9 Å². The molecule has 0 bridgehead atoms. The molecular formula is C21H23N9. The number of nitrogens with one attached hydrogen (secondary N) is 2. The van der Waals surface area contributed by atoms with E-state index in [2.05, 4.69) is 48.0 Å². The highest BCUT2D eigenvalue weighted by molar-refractivity contribution is 5.94. The number of anilines is 3. The Kier molecular flexibility index (Phi) is 4.51. The average molecular weight is 401 g/mol. The van der Waals surface area contributed by atoms with Gasteiger partial charge >= 0.3 is 0 Å². The molecule has 0 saturated heterocycles. The third kappa shape index (κ3) is 3.43. The molecule has 1 atom stereocenters. The Balaban J connectivity index is 1.47. The van der Waals surface area contributed by atoms with Gasteiger partial charge in [-0.2, -0.15) is 0 Å². The zero-order valence-electron chi connectivity index (χ0n) is 16.9. The van der Waals surface area contributed by atoms with Crippen molar-refractivity contribution in [1.29, 1.82) is 0 Å². The van der Waals surface area contributed by atoms with Crippen molar-refractivity contribution in [3.05, 3.63) is 48.4 Å². The zero-order chi connectivity index (χ0) is 20.7. The van der Waals surface area contributed by atoms with E-state index in [9.17, 15) is 0 Å². The molecule has 1 aliphatic carbocycles. The van der Waals surface area contributed by atoms with Crippen molar-refractivity contribution >= 4 is 28.2 Å². The third-order valence-electron chi connectivity index (χ3n) is 5.53. The van der Waals surface area contributed by atoms with E-state index in [0.717, 1.165) is 22.3 Å².